The van der Waals surface area contributed by atoms with Crippen molar-refractivity contribution >= 4 is 12.2 Å². The molecule has 1 saturated heterocycles. The maximum Gasteiger partial charge on any atom is 0.195 e. The molecule has 0 amide bonds. The van der Waals surface area contributed by atoms with Crippen molar-refractivity contribution in [1.82, 2.24) is 24.6 Å². The van der Waals surface area contributed by atoms with Crippen molar-refractivity contribution in [2.24, 2.45) is 0 Å². The SMILES string of the molecule is S=c1[nH]nc(-c2cccnc2)n1CCN1CCCC1. The van der Waals surface area contributed by atoms with Gasteiger partial charge in [-0.2, -0.15) is 5.10 Å². The van der Waals surface area contributed by atoms with E-state index in [4.69, 9.17) is 12.2 Å². The van der Waals surface area contributed by atoms with Crippen LogP contribution in [0.1, 0.15) is 12.8 Å². The van der Waals surface area contributed by atoms with Crippen LogP contribution in [0, 0.1) is 4.77 Å². The Kier molecular flexibility index (Phi) is 3.70. The van der Waals surface area contributed by atoms with E-state index in [1.54, 1.807) is 6.20 Å². The van der Waals surface area contributed by atoms with Gasteiger partial charge in [0.05, 0.1) is 0 Å². The molecule has 6 heteroatoms. The van der Waals surface area contributed by atoms with Crippen LogP contribution in [0.15, 0.2) is 24.5 Å². The summed E-state index contributed by atoms with van der Waals surface area (Å²) in [6.45, 7) is 4.31. The van der Waals surface area contributed by atoms with Crippen molar-refractivity contribution < 1.29 is 0 Å². The van der Waals surface area contributed by atoms with Gasteiger partial charge in [0.25, 0.3) is 0 Å². The fourth-order valence-electron chi connectivity index (χ4n) is 2.49. The first-order valence-electron chi connectivity index (χ1n) is 6.62. The van der Waals surface area contributed by atoms with Crippen LogP contribution in [0.3, 0.4) is 0 Å². The van der Waals surface area contributed by atoms with Gasteiger partial charge in [0.1, 0.15) is 0 Å². The second-order valence-corrected chi connectivity index (χ2v) is 5.18. The van der Waals surface area contributed by atoms with Gasteiger partial charge in [0.15, 0.2) is 10.6 Å². The Morgan fingerprint density at radius 1 is 1.26 bits per heavy atom. The predicted molar refractivity (Wildman–Crippen MR) is 76.3 cm³/mol. The first-order chi connectivity index (χ1) is 9.34. The lowest BCUT2D eigenvalue weighted by Crippen LogP contribution is -2.24. The molecule has 0 aliphatic carbocycles. The van der Waals surface area contributed by atoms with E-state index >= 15 is 0 Å². The first kappa shape index (κ1) is 12.5. The van der Waals surface area contributed by atoms with Crippen LogP contribution in [0.5, 0.6) is 0 Å². The molecule has 0 spiro atoms. The van der Waals surface area contributed by atoms with Gasteiger partial charge in [-0.1, -0.05) is 0 Å². The zero-order chi connectivity index (χ0) is 13.1. The Labute approximate surface area is 117 Å². The summed E-state index contributed by atoms with van der Waals surface area (Å²) in [4.78, 5) is 6.61. The normalized spacial score (nSPS) is 16.0. The van der Waals surface area contributed by atoms with Gasteiger partial charge in [0, 0.05) is 31.0 Å². The van der Waals surface area contributed by atoms with E-state index in [9.17, 15) is 0 Å². The highest BCUT2D eigenvalue weighted by molar-refractivity contribution is 7.71. The number of hydrogen-bond acceptors (Lipinski definition) is 4. The van der Waals surface area contributed by atoms with Crippen molar-refractivity contribution in [2.75, 3.05) is 19.6 Å². The van der Waals surface area contributed by atoms with E-state index in [1.165, 1.54) is 25.9 Å². The number of aromatic nitrogens is 4. The smallest absolute Gasteiger partial charge is 0.195 e. The van der Waals surface area contributed by atoms with E-state index in [1.807, 2.05) is 18.3 Å². The zero-order valence-corrected chi connectivity index (χ0v) is 11.6. The third-order valence-electron chi connectivity index (χ3n) is 3.52. The quantitative estimate of drug-likeness (QED) is 0.868. The first-order valence-corrected chi connectivity index (χ1v) is 7.03. The number of H-pyrrole nitrogens is 1. The highest BCUT2D eigenvalue weighted by atomic mass is 32.1. The van der Waals surface area contributed by atoms with Crippen LogP contribution in [0.25, 0.3) is 11.4 Å². The molecular weight excluding hydrogens is 258 g/mol. The largest absolute Gasteiger partial charge is 0.302 e. The van der Waals surface area contributed by atoms with Crippen LogP contribution in [-0.4, -0.2) is 44.3 Å². The summed E-state index contributed by atoms with van der Waals surface area (Å²) >= 11 is 5.32. The molecule has 3 heterocycles. The van der Waals surface area contributed by atoms with Crippen molar-refractivity contribution in [3.63, 3.8) is 0 Å². The third kappa shape index (κ3) is 2.74. The number of likely N-dealkylation sites (tertiary alicyclic amines) is 1. The molecule has 0 saturated carbocycles. The van der Waals surface area contributed by atoms with Gasteiger partial charge in [-0.05, 0) is 50.3 Å². The lowest BCUT2D eigenvalue weighted by molar-refractivity contribution is 0.322. The van der Waals surface area contributed by atoms with E-state index in [2.05, 4.69) is 24.6 Å². The molecule has 100 valence electrons. The predicted octanol–water partition coefficient (Wildman–Crippen LogP) is 2.10. The Morgan fingerprint density at radius 3 is 2.84 bits per heavy atom. The van der Waals surface area contributed by atoms with Gasteiger partial charge in [-0.3, -0.25) is 14.6 Å². The summed E-state index contributed by atoms with van der Waals surface area (Å²) in [5.74, 6) is 0.872. The molecule has 19 heavy (non-hydrogen) atoms. The van der Waals surface area contributed by atoms with Gasteiger partial charge in [-0.25, -0.2) is 0 Å². The highest BCUT2D eigenvalue weighted by Crippen LogP contribution is 2.16. The van der Waals surface area contributed by atoms with Crippen LogP contribution in [0.2, 0.25) is 0 Å². The number of nitrogens with one attached hydrogen (secondary N) is 1. The molecule has 1 aliphatic rings. The average Bonchev–Trinajstić information content (AvgIpc) is 3.07. The van der Waals surface area contributed by atoms with Gasteiger partial charge >= 0.3 is 0 Å². The average molecular weight is 275 g/mol. The van der Waals surface area contributed by atoms with Crippen molar-refractivity contribution in [3.05, 3.63) is 29.3 Å². The summed E-state index contributed by atoms with van der Waals surface area (Å²) in [7, 11) is 0. The van der Waals surface area contributed by atoms with Crippen LogP contribution < -0.4 is 0 Å². The summed E-state index contributed by atoms with van der Waals surface area (Å²) in [5, 5.41) is 7.20. The molecule has 0 atom stereocenters. The molecule has 0 unspecified atom stereocenters. The van der Waals surface area contributed by atoms with Crippen LogP contribution >= 0.6 is 12.2 Å². The third-order valence-corrected chi connectivity index (χ3v) is 3.83. The lowest BCUT2D eigenvalue weighted by Gasteiger charge is -2.15. The Balaban J connectivity index is 1.80. The van der Waals surface area contributed by atoms with E-state index < -0.39 is 0 Å². The fraction of sp³-hybridized carbons (Fsp3) is 0.462. The molecular formula is C13H17N5S. The molecule has 0 bridgehead atoms. The molecule has 0 aromatic carbocycles. The topological polar surface area (TPSA) is 49.7 Å². The van der Waals surface area contributed by atoms with Crippen molar-refractivity contribution in [3.8, 4) is 11.4 Å². The molecule has 1 N–H and O–H groups in total. The van der Waals surface area contributed by atoms with E-state index in [0.29, 0.717) is 4.77 Å². The fourth-order valence-corrected chi connectivity index (χ4v) is 2.71. The van der Waals surface area contributed by atoms with Gasteiger partial charge in [0.2, 0.25) is 0 Å². The summed E-state index contributed by atoms with van der Waals surface area (Å²) in [6, 6.07) is 3.92. The molecule has 1 fully saturated rings. The minimum atomic E-state index is 0.679. The number of nitrogens with zero attached hydrogens (tertiary/aromatic N) is 4. The second kappa shape index (κ2) is 5.63. The summed E-state index contributed by atoms with van der Waals surface area (Å²) < 4.78 is 2.74. The Bertz CT molecular complexity index is 583. The second-order valence-electron chi connectivity index (χ2n) is 4.79. The molecule has 0 radical (unpaired) electrons. The standard InChI is InChI=1S/C13H17N5S/c19-13-16-15-12(11-4-3-5-14-10-11)18(13)9-8-17-6-1-2-7-17/h3-5,10H,1-2,6-9H2,(H,16,19). The number of pyridine rings is 1. The number of hydrogen-bond donors (Lipinski definition) is 1. The van der Waals surface area contributed by atoms with Crippen LogP contribution in [-0.2, 0) is 6.54 Å². The van der Waals surface area contributed by atoms with E-state index in [-0.39, 0.29) is 0 Å². The summed E-state index contributed by atoms with van der Waals surface area (Å²) in [5.41, 5.74) is 0.997. The molecule has 3 rings (SSSR count). The molecule has 1 aliphatic heterocycles. The number of rotatable bonds is 4. The highest BCUT2D eigenvalue weighted by Gasteiger charge is 2.13. The maximum absolute atomic E-state index is 5.32. The van der Waals surface area contributed by atoms with Gasteiger partial charge in [-0.15, -0.1) is 0 Å². The maximum atomic E-state index is 5.32. The van der Waals surface area contributed by atoms with Gasteiger partial charge < -0.3 is 4.90 Å². The van der Waals surface area contributed by atoms with Crippen molar-refractivity contribution in [1.29, 1.82) is 0 Å². The molecule has 5 nitrogen and oxygen atoms in total. The minimum absolute atomic E-state index is 0.679. The monoisotopic (exact) mass is 275 g/mol. The zero-order valence-electron chi connectivity index (χ0n) is 10.7. The molecule has 2 aromatic rings. The Morgan fingerprint density at radius 2 is 2.11 bits per heavy atom. The van der Waals surface area contributed by atoms with Crippen LogP contribution in [0.4, 0.5) is 0 Å². The summed E-state index contributed by atoms with van der Waals surface area (Å²) in [6.07, 6.45) is 6.20. The Hall–Kier alpha value is -1.53. The lowest BCUT2D eigenvalue weighted by atomic mass is 10.3. The van der Waals surface area contributed by atoms with Crippen molar-refractivity contribution in [2.45, 2.75) is 19.4 Å². The molecule has 2 aromatic heterocycles. The minimum Gasteiger partial charge on any atom is -0.302 e. The number of aromatic amines is 1. The van der Waals surface area contributed by atoms with E-state index in [0.717, 1.165) is 24.5 Å².